The van der Waals surface area contributed by atoms with E-state index >= 15 is 0 Å². The molecule has 130 valence electrons. The van der Waals surface area contributed by atoms with Crippen LogP contribution in [0.1, 0.15) is 20.8 Å². The molecule has 0 saturated carbocycles. The molecule has 1 N–H and O–H groups in total. The summed E-state index contributed by atoms with van der Waals surface area (Å²) in [6.45, 7) is 1.07. The van der Waals surface area contributed by atoms with Crippen LogP contribution in [-0.4, -0.2) is 47.2 Å². The second-order valence-corrected chi connectivity index (χ2v) is 5.81. The number of morpholine rings is 1. The third-order valence-electron chi connectivity index (χ3n) is 4.15. The number of hydrogen-bond acceptors (Lipinski definition) is 7. The molecular weight excluding hydrogens is 336 g/mol. The first-order valence-corrected chi connectivity index (χ1v) is 7.99. The lowest BCUT2D eigenvalue weighted by atomic mass is 9.98. The van der Waals surface area contributed by atoms with Gasteiger partial charge in [-0.05, 0) is 24.3 Å². The lowest BCUT2D eigenvalue weighted by molar-refractivity contribution is -0.125. The number of benzene rings is 1. The molecule has 0 bridgehead atoms. The highest BCUT2D eigenvalue weighted by molar-refractivity contribution is 6.24. The molecule has 8 heteroatoms. The predicted molar refractivity (Wildman–Crippen MR) is 92.0 cm³/mol. The number of carbonyl (C=O) groups excluding carboxylic acids is 3. The number of nitrogens with zero attached hydrogens (tertiary/aromatic N) is 3. The van der Waals surface area contributed by atoms with Gasteiger partial charge in [0, 0.05) is 30.2 Å². The molecule has 0 atom stereocenters. The van der Waals surface area contributed by atoms with Crippen molar-refractivity contribution in [1.29, 1.82) is 0 Å². The minimum Gasteiger partial charge on any atom is -0.370 e. The largest absolute Gasteiger partial charge is 0.370 e. The lowest BCUT2D eigenvalue weighted by Gasteiger charge is -2.27. The zero-order chi connectivity index (χ0) is 18.1. The molecule has 1 saturated heterocycles. The molecule has 2 heterocycles. The molecule has 1 aromatic carbocycles. The van der Waals surface area contributed by atoms with Gasteiger partial charge in [0.2, 0.25) is 11.6 Å². The highest BCUT2D eigenvalue weighted by Crippen LogP contribution is 2.23. The van der Waals surface area contributed by atoms with Gasteiger partial charge in [-0.25, -0.2) is 9.97 Å². The monoisotopic (exact) mass is 350 g/mol. The Morgan fingerprint density at radius 2 is 1.92 bits per heavy atom. The standard InChI is InChI=1S/C18H14N4O4/c23-15-7-14(18(25)13-8-19-10-20-17(13)15)21-11-1-3-12(4-2-11)22-5-6-26-9-16(22)24/h1-4,7-8,10,21H,5-6,9H2. The van der Waals surface area contributed by atoms with Gasteiger partial charge < -0.3 is 15.0 Å². The molecule has 0 spiro atoms. The van der Waals surface area contributed by atoms with Gasteiger partial charge in [0.15, 0.2) is 0 Å². The number of hydrogen-bond donors (Lipinski definition) is 1. The van der Waals surface area contributed by atoms with E-state index in [1.165, 1.54) is 18.6 Å². The summed E-state index contributed by atoms with van der Waals surface area (Å²) in [6.07, 6.45) is 3.81. The van der Waals surface area contributed by atoms with E-state index in [4.69, 9.17) is 4.74 Å². The number of ether oxygens (including phenoxy) is 1. The first-order valence-electron chi connectivity index (χ1n) is 7.99. The number of carbonyl (C=O) groups is 3. The summed E-state index contributed by atoms with van der Waals surface area (Å²) in [5, 5.41) is 2.95. The number of aromatic nitrogens is 2. The number of Topliss-reactive ketones (excluding diaryl/α,β-unsaturated/α-hetero) is 1. The van der Waals surface area contributed by atoms with Crippen LogP contribution in [0.15, 0.2) is 48.6 Å². The van der Waals surface area contributed by atoms with Crippen LogP contribution in [0.3, 0.4) is 0 Å². The number of amides is 1. The summed E-state index contributed by atoms with van der Waals surface area (Å²) in [4.78, 5) is 45.8. The third-order valence-corrected chi connectivity index (χ3v) is 4.15. The van der Waals surface area contributed by atoms with Gasteiger partial charge in [0.25, 0.3) is 5.91 Å². The van der Waals surface area contributed by atoms with Crippen LogP contribution in [-0.2, 0) is 9.53 Å². The normalized spacial score (nSPS) is 17.0. The molecule has 0 unspecified atom stereocenters. The maximum atomic E-state index is 12.5. The number of fused-ring (bicyclic) bond motifs is 1. The first kappa shape index (κ1) is 16.1. The fourth-order valence-electron chi connectivity index (χ4n) is 2.87. The van der Waals surface area contributed by atoms with Gasteiger partial charge in [0.1, 0.15) is 18.6 Å². The van der Waals surface area contributed by atoms with E-state index in [0.29, 0.717) is 18.8 Å². The Bertz CT molecular complexity index is 936. The summed E-state index contributed by atoms with van der Waals surface area (Å²) >= 11 is 0. The van der Waals surface area contributed by atoms with Gasteiger partial charge in [0.05, 0.1) is 17.9 Å². The Balaban J connectivity index is 1.54. The molecule has 1 aliphatic carbocycles. The maximum absolute atomic E-state index is 12.5. The predicted octanol–water partition coefficient (Wildman–Crippen LogP) is 1.21. The molecule has 26 heavy (non-hydrogen) atoms. The van der Waals surface area contributed by atoms with Crippen molar-refractivity contribution in [1.82, 2.24) is 9.97 Å². The van der Waals surface area contributed by atoms with Gasteiger partial charge in [-0.3, -0.25) is 14.4 Å². The van der Waals surface area contributed by atoms with E-state index in [1.54, 1.807) is 29.2 Å². The van der Waals surface area contributed by atoms with Crippen molar-refractivity contribution < 1.29 is 19.1 Å². The smallest absolute Gasteiger partial charge is 0.253 e. The molecule has 4 rings (SSSR count). The molecule has 1 amide bonds. The number of allylic oxidation sites excluding steroid dienone is 2. The van der Waals surface area contributed by atoms with Crippen molar-refractivity contribution in [2.24, 2.45) is 0 Å². The average Bonchev–Trinajstić information content (AvgIpc) is 2.67. The maximum Gasteiger partial charge on any atom is 0.253 e. The second kappa shape index (κ2) is 6.49. The highest BCUT2D eigenvalue weighted by atomic mass is 16.5. The molecule has 8 nitrogen and oxygen atoms in total. The van der Waals surface area contributed by atoms with Crippen molar-refractivity contribution in [2.45, 2.75) is 0 Å². The lowest BCUT2D eigenvalue weighted by Crippen LogP contribution is -2.41. The van der Waals surface area contributed by atoms with Crippen LogP contribution in [0.4, 0.5) is 11.4 Å². The minimum absolute atomic E-state index is 0.0744. The van der Waals surface area contributed by atoms with Crippen LogP contribution in [0, 0.1) is 0 Å². The summed E-state index contributed by atoms with van der Waals surface area (Å²) in [6, 6.07) is 7.04. The zero-order valence-electron chi connectivity index (χ0n) is 13.6. The molecule has 2 aliphatic rings. The van der Waals surface area contributed by atoms with Crippen LogP contribution in [0.25, 0.3) is 0 Å². The fourth-order valence-corrected chi connectivity index (χ4v) is 2.87. The number of nitrogens with one attached hydrogen (secondary N) is 1. The molecule has 2 aromatic rings. The van der Waals surface area contributed by atoms with Crippen molar-refractivity contribution in [3.63, 3.8) is 0 Å². The molecule has 1 aromatic heterocycles. The van der Waals surface area contributed by atoms with Crippen LogP contribution in [0.5, 0.6) is 0 Å². The second-order valence-electron chi connectivity index (χ2n) is 5.81. The molecule has 0 radical (unpaired) electrons. The Hall–Kier alpha value is -3.39. The van der Waals surface area contributed by atoms with E-state index in [1.807, 2.05) is 0 Å². The average molecular weight is 350 g/mol. The fraction of sp³-hybridized carbons (Fsp3) is 0.167. The van der Waals surface area contributed by atoms with Gasteiger partial charge in [-0.15, -0.1) is 0 Å². The SMILES string of the molecule is O=C1C(Nc2ccc(N3CCOCC3=O)cc2)=CC(=O)c2ncncc21. The number of anilines is 2. The van der Waals surface area contributed by atoms with E-state index in [0.717, 1.165) is 5.69 Å². The molecule has 1 fully saturated rings. The Kier molecular flexibility index (Phi) is 4.02. The zero-order valence-corrected chi connectivity index (χ0v) is 13.6. The quantitative estimate of drug-likeness (QED) is 0.888. The van der Waals surface area contributed by atoms with E-state index in [2.05, 4.69) is 15.3 Å². The Morgan fingerprint density at radius 1 is 1.12 bits per heavy atom. The minimum atomic E-state index is -0.347. The van der Waals surface area contributed by atoms with Crippen LogP contribution in [0.2, 0.25) is 0 Å². The number of ketones is 2. The summed E-state index contributed by atoms with van der Waals surface area (Å²) in [5.74, 6) is -0.781. The Labute approximate surface area is 148 Å². The molecule has 1 aliphatic heterocycles. The van der Waals surface area contributed by atoms with Crippen LogP contribution >= 0.6 is 0 Å². The van der Waals surface area contributed by atoms with Crippen molar-refractivity contribution in [3.8, 4) is 0 Å². The number of rotatable bonds is 3. The van der Waals surface area contributed by atoms with E-state index < -0.39 is 0 Å². The van der Waals surface area contributed by atoms with E-state index in [9.17, 15) is 14.4 Å². The van der Waals surface area contributed by atoms with Crippen molar-refractivity contribution >= 4 is 28.8 Å². The summed E-state index contributed by atoms with van der Waals surface area (Å²) in [5.41, 5.74) is 1.83. The third kappa shape index (κ3) is 2.86. The first-order chi connectivity index (χ1) is 12.6. The summed E-state index contributed by atoms with van der Waals surface area (Å²) < 4.78 is 5.12. The molecular formula is C18H14N4O4. The van der Waals surface area contributed by atoms with Gasteiger partial charge >= 0.3 is 0 Å². The van der Waals surface area contributed by atoms with Crippen LogP contribution < -0.4 is 10.2 Å². The highest BCUT2D eigenvalue weighted by Gasteiger charge is 2.27. The van der Waals surface area contributed by atoms with Gasteiger partial charge in [-0.2, -0.15) is 0 Å². The topological polar surface area (TPSA) is 101 Å². The summed E-state index contributed by atoms with van der Waals surface area (Å²) in [7, 11) is 0. The van der Waals surface area contributed by atoms with Gasteiger partial charge in [-0.1, -0.05) is 0 Å². The van der Waals surface area contributed by atoms with Crippen molar-refractivity contribution in [2.75, 3.05) is 30.0 Å². The van der Waals surface area contributed by atoms with Crippen molar-refractivity contribution in [3.05, 3.63) is 59.8 Å². The Morgan fingerprint density at radius 3 is 2.69 bits per heavy atom. The van der Waals surface area contributed by atoms with E-state index in [-0.39, 0.29) is 41.0 Å².